The molecule has 3 aromatic rings. The monoisotopic (exact) mass is 423 g/mol. The van der Waals surface area contributed by atoms with E-state index in [4.69, 9.17) is 11.6 Å². The summed E-state index contributed by atoms with van der Waals surface area (Å²) < 4.78 is 1.57. The van der Waals surface area contributed by atoms with E-state index in [0.29, 0.717) is 23.5 Å². The maximum absolute atomic E-state index is 12.5. The molecule has 6 heteroatoms. The Balaban J connectivity index is 0.000000806. The highest BCUT2D eigenvalue weighted by Gasteiger charge is 2.45. The third-order valence-electron chi connectivity index (χ3n) is 5.34. The zero-order valence-electron chi connectivity index (χ0n) is 17.5. The molecule has 1 amide bonds. The average molecular weight is 424 g/mol. The number of benzene rings is 2. The van der Waals surface area contributed by atoms with Crippen molar-refractivity contribution in [3.63, 3.8) is 0 Å². The van der Waals surface area contributed by atoms with E-state index in [1.165, 1.54) is 0 Å². The van der Waals surface area contributed by atoms with Gasteiger partial charge in [0.1, 0.15) is 0 Å². The molecule has 0 atom stereocenters. The molecular formula is C24H26ClN3O2. The van der Waals surface area contributed by atoms with Crippen molar-refractivity contribution in [2.24, 2.45) is 7.05 Å². The maximum atomic E-state index is 12.5. The summed E-state index contributed by atoms with van der Waals surface area (Å²) in [5.41, 5.74) is 2.44. The number of carbonyl (C=O) groups excluding carboxylic acids is 1. The van der Waals surface area contributed by atoms with Crippen molar-refractivity contribution in [3.05, 3.63) is 87.8 Å². The molecule has 0 aliphatic carbocycles. The van der Waals surface area contributed by atoms with E-state index in [-0.39, 0.29) is 5.56 Å². The van der Waals surface area contributed by atoms with Gasteiger partial charge in [0.15, 0.2) is 0 Å². The van der Waals surface area contributed by atoms with Crippen LogP contribution < -0.4 is 10.9 Å². The lowest BCUT2D eigenvalue weighted by molar-refractivity contribution is -0.124. The number of halogens is 1. The quantitative estimate of drug-likeness (QED) is 0.497. The van der Waals surface area contributed by atoms with Gasteiger partial charge in [0.05, 0.1) is 5.54 Å². The van der Waals surface area contributed by atoms with Crippen LogP contribution in [0.25, 0.3) is 10.8 Å². The summed E-state index contributed by atoms with van der Waals surface area (Å²) in [6.07, 6.45) is 4.37. The molecule has 1 aliphatic heterocycles. The largest absolute Gasteiger partial charge is 0.372 e. The molecule has 30 heavy (non-hydrogen) atoms. The number of hydrogen-bond donors (Lipinski definition) is 1. The molecule has 4 rings (SSSR count). The van der Waals surface area contributed by atoms with E-state index in [9.17, 15) is 9.59 Å². The molecule has 1 saturated heterocycles. The van der Waals surface area contributed by atoms with Crippen molar-refractivity contribution in [2.75, 3.05) is 18.4 Å². The summed E-state index contributed by atoms with van der Waals surface area (Å²) in [6.45, 7) is 8.33. The van der Waals surface area contributed by atoms with Crippen LogP contribution in [0.1, 0.15) is 18.1 Å². The van der Waals surface area contributed by atoms with Gasteiger partial charge in [0.2, 0.25) is 6.41 Å². The zero-order chi connectivity index (χ0) is 21.9. The topological polar surface area (TPSA) is 54.3 Å². The van der Waals surface area contributed by atoms with Gasteiger partial charge in [-0.15, -0.1) is 6.58 Å². The van der Waals surface area contributed by atoms with Crippen molar-refractivity contribution < 1.29 is 4.79 Å². The van der Waals surface area contributed by atoms with Gasteiger partial charge in [0.25, 0.3) is 5.56 Å². The Hall–Kier alpha value is -3.05. The van der Waals surface area contributed by atoms with Gasteiger partial charge in [0, 0.05) is 42.4 Å². The number of anilines is 1. The number of carbonyl (C=O) groups is 1. The fourth-order valence-electron chi connectivity index (χ4n) is 3.85. The Morgan fingerprint density at radius 2 is 1.90 bits per heavy atom. The standard InChI is InChI=1S/C21H20ClN3O2.C3H6/c1-14-18(4-3-5-19(14)22)21(11-25(12-21)13-26)23-16-7-6-15-8-9-24(2)20(27)17(15)10-16;1-3-2/h3-10,13,23H,11-12H2,1-2H3;3H,1H2,2H3. The Kier molecular flexibility index (Phi) is 6.32. The highest BCUT2D eigenvalue weighted by Crippen LogP contribution is 2.38. The smallest absolute Gasteiger partial charge is 0.258 e. The number of fused-ring (bicyclic) bond motifs is 1. The van der Waals surface area contributed by atoms with E-state index in [0.717, 1.165) is 28.6 Å². The van der Waals surface area contributed by atoms with Gasteiger partial charge in [-0.1, -0.05) is 35.9 Å². The van der Waals surface area contributed by atoms with Crippen LogP contribution in [0.15, 0.2) is 66.1 Å². The van der Waals surface area contributed by atoms with Crippen LogP contribution in [0, 0.1) is 6.92 Å². The molecule has 156 valence electrons. The molecular weight excluding hydrogens is 398 g/mol. The van der Waals surface area contributed by atoms with E-state index in [1.54, 1.807) is 28.8 Å². The van der Waals surface area contributed by atoms with Crippen LogP contribution in [-0.4, -0.2) is 29.0 Å². The van der Waals surface area contributed by atoms with Crippen molar-refractivity contribution in [1.29, 1.82) is 0 Å². The minimum atomic E-state index is -0.427. The fourth-order valence-corrected chi connectivity index (χ4v) is 4.03. The zero-order valence-corrected chi connectivity index (χ0v) is 18.2. The first kappa shape index (κ1) is 21.7. The van der Waals surface area contributed by atoms with Crippen molar-refractivity contribution in [3.8, 4) is 0 Å². The normalized spacial score (nSPS) is 14.3. The van der Waals surface area contributed by atoms with Crippen molar-refractivity contribution in [2.45, 2.75) is 19.4 Å². The number of nitrogens with one attached hydrogen (secondary N) is 1. The number of aromatic nitrogens is 1. The average Bonchev–Trinajstić information content (AvgIpc) is 2.70. The number of likely N-dealkylation sites (tertiary alicyclic amines) is 1. The van der Waals surface area contributed by atoms with Crippen LogP contribution in [0.3, 0.4) is 0 Å². The van der Waals surface area contributed by atoms with E-state index >= 15 is 0 Å². The number of amides is 1. The summed E-state index contributed by atoms with van der Waals surface area (Å²) in [4.78, 5) is 25.4. The van der Waals surface area contributed by atoms with Crippen molar-refractivity contribution >= 4 is 34.5 Å². The first-order valence-corrected chi connectivity index (χ1v) is 10.1. The third kappa shape index (κ3) is 3.98. The molecule has 1 aliphatic rings. The number of nitrogens with zero attached hydrogens (tertiary/aromatic N) is 2. The lowest BCUT2D eigenvalue weighted by Gasteiger charge is -2.50. The molecule has 0 unspecified atom stereocenters. The SMILES string of the molecule is C=CC.Cc1c(Cl)cccc1C1(Nc2ccc3ccn(C)c(=O)c3c2)CN(C=O)C1. The van der Waals surface area contributed by atoms with Gasteiger partial charge in [-0.05, 0) is 54.6 Å². The molecule has 2 heterocycles. The van der Waals surface area contributed by atoms with Gasteiger partial charge >= 0.3 is 0 Å². The summed E-state index contributed by atoms with van der Waals surface area (Å²) in [5, 5.41) is 5.84. The number of rotatable bonds is 4. The Morgan fingerprint density at radius 1 is 1.20 bits per heavy atom. The lowest BCUT2D eigenvalue weighted by Crippen LogP contribution is -2.63. The highest BCUT2D eigenvalue weighted by atomic mass is 35.5. The first-order valence-electron chi connectivity index (χ1n) is 9.75. The van der Waals surface area contributed by atoms with E-state index in [1.807, 2.05) is 56.3 Å². The second kappa shape index (κ2) is 8.76. The predicted molar refractivity (Wildman–Crippen MR) is 124 cm³/mol. The van der Waals surface area contributed by atoms with Crippen LogP contribution in [-0.2, 0) is 17.4 Å². The summed E-state index contributed by atoms with van der Waals surface area (Å²) in [5.74, 6) is 0. The van der Waals surface area contributed by atoms with Gasteiger partial charge in [-0.2, -0.15) is 0 Å². The maximum Gasteiger partial charge on any atom is 0.258 e. The van der Waals surface area contributed by atoms with Crippen LogP contribution in [0.2, 0.25) is 5.02 Å². The van der Waals surface area contributed by atoms with Gasteiger partial charge < -0.3 is 14.8 Å². The Labute approximate surface area is 181 Å². The number of allylic oxidation sites excluding steroid dienone is 1. The minimum Gasteiger partial charge on any atom is -0.372 e. The summed E-state index contributed by atoms with van der Waals surface area (Å²) in [6, 6.07) is 13.5. The predicted octanol–water partition coefficient (Wildman–Crippen LogP) is 4.47. The second-order valence-corrected chi connectivity index (χ2v) is 7.98. The molecule has 0 spiro atoms. The van der Waals surface area contributed by atoms with E-state index < -0.39 is 5.54 Å². The van der Waals surface area contributed by atoms with Crippen LogP contribution >= 0.6 is 11.6 Å². The Morgan fingerprint density at radius 3 is 2.57 bits per heavy atom. The highest BCUT2D eigenvalue weighted by molar-refractivity contribution is 6.31. The molecule has 0 radical (unpaired) electrons. The number of aryl methyl sites for hydroxylation is 1. The summed E-state index contributed by atoms with van der Waals surface area (Å²) in [7, 11) is 1.74. The van der Waals surface area contributed by atoms with Gasteiger partial charge in [-0.3, -0.25) is 9.59 Å². The van der Waals surface area contributed by atoms with Gasteiger partial charge in [-0.25, -0.2) is 0 Å². The molecule has 0 saturated carbocycles. The number of hydrogen-bond acceptors (Lipinski definition) is 3. The molecule has 2 aromatic carbocycles. The molecule has 1 aromatic heterocycles. The van der Waals surface area contributed by atoms with Crippen LogP contribution in [0.5, 0.6) is 0 Å². The number of pyridine rings is 1. The molecule has 1 N–H and O–H groups in total. The third-order valence-corrected chi connectivity index (χ3v) is 5.75. The Bertz CT molecular complexity index is 1150. The van der Waals surface area contributed by atoms with E-state index in [2.05, 4.69) is 11.9 Å². The summed E-state index contributed by atoms with van der Waals surface area (Å²) >= 11 is 6.34. The second-order valence-electron chi connectivity index (χ2n) is 7.57. The van der Waals surface area contributed by atoms with Crippen LogP contribution in [0.4, 0.5) is 5.69 Å². The molecule has 5 nitrogen and oxygen atoms in total. The molecule has 1 fully saturated rings. The lowest BCUT2D eigenvalue weighted by atomic mass is 9.80. The molecule has 0 bridgehead atoms. The van der Waals surface area contributed by atoms with Crippen molar-refractivity contribution in [1.82, 2.24) is 9.47 Å². The minimum absolute atomic E-state index is 0.0349. The first-order chi connectivity index (χ1) is 14.3. The fraction of sp³-hybridized carbons (Fsp3) is 0.250.